The van der Waals surface area contributed by atoms with E-state index in [0.29, 0.717) is 10.2 Å². The molecule has 0 saturated carbocycles. The van der Waals surface area contributed by atoms with Crippen molar-refractivity contribution >= 4 is 55.7 Å². The zero-order valence-corrected chi connectivity index (χ0v) is 17.1. The van der Waals surface area contributed by atoms with Crippen LogP contribution in [0.25, 0.3) is 21.3 Å². The molecule has 10 heteroatoms. The molecule has 0 spiro atoms. The van der Waals surface area contributed by atoms with Crippen LogP contribution in [-0.4, -0.2) is 31.8 Å². The van der Waals surface area contributed by atoms with Gasteiger partial charge >= 0.3 is 0 Å². The lowest BCUT2D eigenvalue weighted by Crippen LogP contribution is -2.14. The van der Waals surface area contributed by atoms with Gasteiger partial charge in [-0.3, -0.25) is 10.1 Å². The molecule has 0 aliphatic heterocycles. The Morgan fingerprint density at radius 3 is 2.79 bits per heavy atom. The van der Waals surface area contributed by atoms with Gasteiger partial charge in [-0.1, -0.05) is 42.2 Å². The molecular weight excluding hydrogens is 417 g/mol. The summed E-state index contributed by atoms with van der Waals surface area (Å²) in [6.45, 7) is 1.99. The Bertz CT molecular complexity index is 1130. The number of hydrogen-bond donors (Lipinski definition) is 1. The predicted molar refractivity (Wildman–Crippen MR) is 111 cm³/mol. The molecule has 3 aromatic heterocycles. The maximum absolute atomic E-state index is 13.3. The first kappa shape index (κ1) is 18.9. The molecule has 1 N–H and O–H groups in total. The summed E-state index contributed by atoms with van der Waals surface area (Å²) in [5.74, 6) is -0.269. The van der Waals surface area contributed by atoms with Gasteiger partial charge in [-0.25, -0.2) is 14.4 Å². The second-order valence-electron chi connectivity index (χ2n) is 5.71. The Morgan fingerprint density at radius 1 is 1.21 bits per heavy atom. The van der Waals surface area contributed by atoms with Crippen LogP contribution in [0.2, 0.25) is 0 Å². The molecular formula is C18H14FN5OS3. The largest absolute Gasteiger partial charge is 0.300 e. The summed E-state index contributed by atoms with van der Waals surface area (Å²) in [7, 11) is 0. The zero-order chi connectivity index (χ0) is 19.5. The van der Waals surface area contributed by atoms with Crippen molar-refractivity contribution in [2.24, 2.45) is 0 Å². The molecule has 0 atom stereocenters. The first-order valence-electron chi connectivity index (χ1n) is 8.37. The lowest BCUT2D eigenvalue weighted by atomic mass is 10.1. The maximum atomic E-state index is 13.3. The molecule has 0 aliphatic carbocycles. The minimum atomic E-state index is -0.284. The van der Waals surface area contributed by atoms with E-state index in [4.69, 9.17) is 0 Å². The van der Waals surface area contributed by atoms with Gasteiger partial charge in [0.2, 0.25) is 11.0 Å². The molecule has 0 fully saturated rings. The summed E-state index contributed by atoms with van der Waals surface area (Å²) in [6.07, 6.45) is 2.28. The smallest absolute Gasteiger partial charge is 0.236 e. The fourth-order valence-electron chi connectivity index (χ4n) is 2.54. The van der Waals surface area contributed by atoms with Gasteiger partial charge in [0.15, 0.2) is 0 Å². The number of hydrogen-bond acceptors (Lipinski definition) is 8. The van der Waals surface area contributed by atoms with E-state index in [-0.39, 0.29) is 17.5 Å². The molecule has 28 heavy (non-hydrogen) atoms. The van der Waals surface area contributed by atoms with Gasteiger partial charge in [-0.05, 0) is 24.1 Å². The summed E-state index contributed by atoms with van der Waals surface area (Å²) in [5.41, 5.74) is 1.81. The minimum absolute atomic E-state index is 0.172. The van der Waals surface area contributed by atoms with Gasteiger partial charge in [-0.15, -0.1) is 21.5 Å². The number of aromatic nitrogens is 4. The van der Waals surface area contributed by atoms with Crippen molar-refractivity contribution in [2.75, 3.05) is 11.1 Å². The third kappa shape index (κ3) is 4.03. The highest BCUT2D eigenvalue weighted by atomic mass is 32.2. The van der Waals surface area contributed by atoms with Gasteiger partial charge in [0, 0.05) is 10.9 Å². The fraction of sp³-hybridized carbons (Fsp3) is 0.167. The summed E-state index contributed by atoms with van der Waals surface area (Å²) >= 11 is 4.20. The summed E-state index contributed by atoms with van der Waals surface area (Å²) in [4.78, 5) is 21.8. The van der Waals surface area contributed by atoms with E-state index < -0.39 is 0 Å². The van der Waals surface area contributed by atoms with Crippen LogP contribution in [0.5, 0.6) is 0 Å². The predicted octanol–water partition coefficient (Wildman–Crippen LogP) is 4.64. The van der Waals surface area contributed by atoms with E-state index in [9.17, 15) is 9.18 Å². The van der Waals surface area contributed by atoms with Crippen LogP contribution in [0.1, 0.15) is 11.9 Å². The van der Waals surface area contributed by atoms with Crippen LogP contribution < -0.4 is 5.32 Å². The van der Waals surface area contributed by atoms with Crippen LogP contribution in [0.3, 0.4) is 0 Å². The standard InChI is InChI=1S/C18H14FN5OS3/c1-2-14-23-24-18(28-14)22-13(25)8-27-17-15-12(7-26-16(15)20-9-21-17)10-3-5-11(19)6-4-10/h3-7,9H,2,8H2,1H3,(H,22,24,25). The lowest BCUT2D eigenvalue weighted by molar-refractivity contribution is -0.113. The Kier molecular flexibility index (Phi) is 5.60. The average molecular weight is 432 g/mol. The number of thiophene rings is 1. The molecule has 142 valence electrons. The van der Waals surface area contributed by atoms with E-state index >= 15 is 0 Å². The third-order valence-corrected chi connectivity index (χ3v) is 6.71. The first-order valence-corrected chi connectivity index (χ1v) is 11.1. The highest BCUT2D eigenvalue weighted by Crippen LogP contribution is 2.37. The molecule has 0 radical (unpaired) electrons. The number of thioether (sulfide) groups is 1. The number of carbonyl (C=O) groups is 1. The quantitative estimate of drug-likeness (QED) is 0.354. The third-order valence-electron chi connectivity index (χ3n) is 3.85. The van der Waals surface area contributed by atoms with Gasteiger partial charge in [0.05, 0.1) is 11.1 Å². The molecule has 0 unspecified atom stereocenters. The Hall–Kier alpha value is -2.43. The summed E-state index contributed by atoms with van der Waals surface area (Å²) in [5, 5.41) is 15.7. The van der Waals surface area contributed by atoms with Crippen molar-refractivity contribution in [3.63, 3.8) is 0 Å². The molecule has 6 nitrogen and oxygen atoms in total. The Labute approximate surface area is 172 Å². The van der Waals surface area contributed by atoms with Crippen molar-refractivity contribution in [1.29, 1.82) is 0 Å². The van der Waals surface area contributed by atoms with Gasteiger partial charge < -0.3 is 0 Å². The van der Waals surface area contributed by atoms with Crippen molar-refractivity contribution < 1.29 is 9.18 Å². The number of nitrogens with one attached hydrogen (secondary N) is 1. The summed E-state index contributed by atoms with van der Waals surface area (Å²) in [6, 6.07) is 6.31. The number of amides is 1. The van der Waals surface area contributed by atoms with Gasteiger partial charge in [0.1, 0.15) is 27.0 Å². The van der Waals surface area contributed by atoms with E-state index in [1.807, 2.05) is 12.3 Å². The number of halogens is 1. The van der Waals surface area contributed by atoms with E-state index in [2.05, 4.69) is 25.5 Å². The highest BCUT2D eigenvalue weighted by Gasteiger charge is 2.15. The number of aryl methyl sites for hydroxylation is 1. The first-order chi connectivity index (χ1) is 13.6. The van der Waals surface area contributed by atoms with Crippen molar-refractivity contribution in [2.45, 2.75) is 18.4 Å². The molecule has 1 aromatic carbocycles. The molecule has 0 bridgehead atoms. The van der Waals surface area contributed by atoms with E-state index in [1.165, 1.54) is 52.9 Å². The number of carbonyl (C=O) groups excluding carboxylic acids is 1. The van der Waals surface area contributed by atoms with Crippen LogP contribution in [0.4, 0.5) is 9.52 Å². The minimum Gasteiger partial charge on any atom is -0.300 e. The molecule has 0 saturated heterocycles. The van der Waals surface area contributed by atoms with Crippen molar-refractivity contribution in [1.82, 2.24) is 20.2 Å². The van der Waals surface area contributed by atoms with Crippen LogP contribution >= 0.6 is 34.4 Å². The fourth-order valence-corrected chi connectivity index (χ4v) is 5.02. The van der Waals surface area contributed by atoms with Crippen LogP contribution in [0, 0.1) is 5.82 Å². The zero-order valence-electron chi connectivity index (χ0n) is 14.7. The SMILES string of the molecule is CCc1nnc(NC(=O)CSc2ncnc3scc(-c4ccc(F)cc4)c23)s1. The monoisotopic (exact) mass is 431 g/mol. The highest BCUT2D eigenvalue weighted by molar-refractivity contribution is 8.00. The molecule has 1 amide bonds. The van der Waals surface area contributed by atoms with Crippen molar-refractivity contribution in [3.8, 4) is 11.1 Å². The van der Waals surface area contributed by atoms with Gasteiger partial charge in [0.25, 0.3) is 0 Å². The Balaban J connectivity index is 1.54. The molecule has 4 rings (SSSR count). The second kappa shape index (κ2) is 8.29. The van der Waals surface area contributed by atoms with Gasteiger partial charge in [-0.2, -0.15) is 0 Å². The average Bonchev–Trinajstić information content (AvgIpc) is 3.34. The lowest BCUT2D eigenvalue weighted by Gasteiger charge is -2.05. The van der Waals surface area contributed by atoms with Crippen LogP contribution in [0.15, 0.2) is 41.0 Å². The second-order valence-corrected chi connectivity index (χ2v) is 8.59. The summed E-state index contributed by atoms with van der Waals surface area (Å²) < 4.78 is 13.3. The number of anilines is 1. The van der Waals surface area contributed by atoms with Crippen LogP contribution in [-0.2, 0) is 11.2 Å². The number of nitrogens with zero attached hydrogens (tertiary/aromatic N) is 4. The maximum Gasteiger partial charge on any atom is 0.236 e. The normalized spacial score (nSPS) is 11.1. The topological polar surface area (TPSA) is 80.7 Å². The molecule has 4 aromatic rings. The Morgan fingerprint density at radius 2 is 2.04 bits per heavy atom. The number of fused-ring (bicyclic) bond motifs is 1. The molecule has 0 aliphatic rings. The number of benzene rings is 1. The van der Waals surface area contributed by atoms with E-state index in [0.717, 1.165) is 32.8 Å². The van der Waals surface area contributed by atoms with Crippen molar-refractivity contribution in [3.05, 3.63) is 46.8 Å². The molecule has 3 heterocycles. The number of rotatable bonds is 6. The van der Waals surface area contributed by atoms with E-state index in [1.54, 1.807) is 12.1 Å².